The molecule has 0 spiro atoms. The molecule has 1 amide bonds. The van der Waals surface area contributed by atoms with Crippen LogP contribution >= 0.6 is 0 Å². The SMILES string of the molecule is C#Cc1coc2ccc(C(=O)NC3C4CCN(CC4)C3C)cc12. The van der Waals surface area contributed by atoms with E-state index in [-0.39, 0.29) is 11.9 Å². The molecule has 5 rings (SSSR count). The number of hydrogen-bond donors (Lipinski definition) is 1. The predicted octanol–water partition coefficient (Wildman–Crippen LogP) is 2.63. The highest BCUT2D eigenvalue weighted by molar-refractivity contribution is 5.99. The largest absolute Gasteiger partial charge is 0.463 e. The van der Waals surface area contributed by atoms with Crippen molar-refractivity contribution >= 4 is 16.9 Å². The van der Waals surface area contributed by atoms with Crippen molar-refractivity contribution in [3.8, 4) is 12.3 Å². The van der Waals surface area contributed by atoms with E-state index < -0.39 is 0 Å². The maximum atomic E-state index is 12.7. The van der Waals surface area contributed by atoms with Gasteiger partial charge in [-0.05, 0) is 57.0 Å². The van der Waals surface area contributed by atoms with E-state index in [1.165, 1.54) is 12.8 Å². The highest BCUT2D eigenvalue weighted by Crippen LogP contribution is 2.32. The second kappa shape index (κ2) is 5.43. The average molecular weight is 308 g/mol. The Hall–Kier alpha value is -2.25. The molecule has 3 saturated heterocycles. The molecule has 2 atom stereocenters. The lowest BCUT2D eigenvalue weighted by Crippen LogP contribution is -2.62. The number of hydrogen-bond acceptors (Lipinski definition) is 3. The van der Waals surface area contributed by atoms with Crippen LogP contribution in [0.15, 0.2) is 28.9 Å². The summed E-state index contributed by atoms with van der Waals surface area (Å²) in [5.74, 6) is 3.16. The van der Waals surface area contributed by atoms with E-state index in [9.17, 15) is 4.79 Å². The normalized spacial score (nSPS) is 29.4. The van der Waals surface area contributed by atoms with Gasteiger partial charge in [0, 0.05) is 23.0 Å². The van der Waals surface area contributed by atoms with Crippen LogP contribution in [0, 0.1) is 18.3 Å². The molecule has 3 fully saturated rings. The number of piperidine rings is 3. The molecule has 4 heteroatoms. The maximum Gasteiger partial charge on any atom is 0.251 e. The Morgan fingerprint density at radius 1 is 1.39 bits per heavy atom. The van der Waals surface area contributed by atoms with Crippen LogP contribution in [-0.2, 0) is 0 Å². The first-order valence-electron chi connectivity index (χ1n) is 8.20. The zero-order chi connectivity index (χ0) is 16.0. The van der Waals surface area contributed by atoms with Crippen molar-refractivity contribution in [3.05, 3.63) is 35.6 Å². The molecule has 2 bridgehead atoms. The lowest BCUT2D eigenvalue weighted by Gasteiger charge is -2.49. The molecule has 0 aliphatic carbocycles. The summed E-state index contributed by atoms with van der Waals surface area (Å²) < 4.78 is 5.40. The number of terminal acetylenes is 1. The topological polar surface area (TPSA) is 45.5 Å². The molecular formula is C19H20N2O2. The minimum Gasteiger partial charge on any atom is -0.463 e. The number of benzene rings is 1. The van der Waals surface area contributed by atoms with Crippen molar-refractivity contribution in [1.29, 1.82) is 0 Å². The number of furan rings is 1. The van der Waals surface area contributed by atoms with Crippen LogP contribution in [0.4, 0.5) is 0 Å². The molecule has 3 aliphatic heterocycles. The highest BCUT2D eigenvalue weighted by Gasteiger charge is 2.40. The zero-order valence-corrected chi connectivity index (χ0v) is 13.2. The van der Waals surface area contributed by atoms with E-state index in [0.717, 1.165) is 18.5 Å². The van der Waals surface area contributed by atoms with Crippen molar-refractivity contribution in [3.63, 3.8) is 0 Å². The first kappa shape index (κ1) is 14.3. The van der Waals surface area contributed by atoms with Gasteiger partial charge in [0.15, 0.2) is 0 Å². The monoisotopic (exact) mass is 308 g/mol. The highest BCUT2D eigenvalue weighted by atomic mass is 16.3. The third kappa shape index (κ3) is 2.32. The molecule has 1 aromatic heterocycles. The first-order valence-corrected chi connectivity index (χ1v) is 8.20. The lowest BCUT2D eigenvalue weighted by molar-refractivity contribution is 0.0217. The third-order valence-corrected chi connectivity index (χ3v) is 5.47. The zero-order valence-electron chi connectivity index (χ0n) is 13.2. The molecule has 118 valence electrons. The molecule has 1 aromatic carbocycles. The van der Waals surface area contributed by atoms with Crippen LogP contribution in [-0.4, -0.2) is 36.0 Å². The number of carbonyl (C=O) groups excluding carboxylic acids is 1. The van der Waals surface area contributed by atoms with Crippen molar-refractivity contribution in [2.45, 2.75) is 31.8 Å². The van der Waals surface area contributed by atoms with E-state index >= 15 is 0 Å². The molecule has 4 heterocycles. The van der Waals surface area contributed by atoms with E-state index in [4.69, 9.17) is 10.8 Å². The van der Waals surface area contributed by atoms with Crippen LogP contribution in [0.1, 0.15) is 35.7 Å². The predicted molar refractivity (Wildman–Crippen MR) is 89.2 cm³/mol. The Morgan fingerprint density at radius 2 is 2.17 bits per heavy atom. The fourth-order valence-corrected chi connectivity index (χ4v) is 4.06. The number of fused-ring (bicyclic) bond motifs is 4. The summed E-state index contributed by atoms with van der Waals surface area (Å²) in [4.78, 5) is 15.2. The van der Waals surface area contributed by atoms with Gasteiger partial charge in [-0.2, -0.15) is 0 Å². The molecule has 3 aliphatic rings. The molecule has 2 aromatic rings. The van der Waals surface area contributed by atoms with Gasteiger partial charge in [0.1, 0.15) is 11.8 Å². The van der Waals surface area contributed by atoms with Crippen molar-refractivity contribution < 1.29 is 9.21 Å². The van der Waals surface area contributed by atoms with Gasteiger partial charge in [-0.15, -0.1) is 6.42 Å². The van der Waals surface area contributed by atoms with Gasteiger partial charge in [0.25, 0.3) is 5.91 Å². The summed E-state index contributed by atoms with van der Waals surface area (Å²) in [7, 11) is 0. The van der Waals surface area contributed by atoms with Crippen LogP contribution in [0.2, 0.25) is 0 Å². The van der Waals surface area contributed by atoms with Gasteiger partial charge < -0.3 is 9.73 Å². The van der Waals surface area contributed by atoms with Gasteiger partial charge >= 0.3 is 0 Å². The van der Waals surface area contributed by atoms with Gasteiger partial charge in [-0.1, -0.05) is 5.92 Å². The fraction of sp³-hybridized carbons (Fsp3) is 0.421. The molecule has 0 saturated carbocycles. The van der Waals surface area contributed by atoms with E-state index in [0.29, 0.717) is 28.7 Å². The van der Waals surface area contributed by atoms with Gasteiger partial charge in [0.2, 0.25) is 0 Å². The Morgan fingerprint density at radius 3 is 2.87 bits per heavy atom. The average Bonchev–Trinajstić information content (AvgIpc) is 3.00. The molecule has 23 heavy (non-hydrogen) atoms. The molecule has 2 unspecified atom stereocenters. The van der Waals surface area contributed by atoms with E-state index in [2.05, 4.69) is 23.1 Å². The quantitative estimate of drug-likeness (QED) is 0.868. The number of nitrogens with one attached hydrogen (secondary N) is 1. The minimum absolute atomic E-state index is 0.0262. The Bertz CT molecular complexity index is 791. The van der Waals surface area contributed by atoms with E-state index in [1.54, 1.807) is 12.3 Å². The Balaban J connectivity index is 1.58. The third-order valence-electron chi connectivity index (χ3n) is 5.47. The fourth-order valence-electron chi connectivity index (χ4n) is 4.06. The second-order valence-electron chi connectivity index (χ2n) is 6.62. The van der Waals surface area contributed by atoms with Crippen molar-refractivity contribution in [2.75, 3.05) is 13.1 Å². The molecule has 0 radical (unpaired) electrons. The van der Waals surface area contributed by atoms with Crippen molar-refractivity contribution in [1.82, 2.24) is 10.2 Å². The second-order valence-corrected chi connectivity index (χ2v) is 6.62. The van der Waals surface area contributed by atoms with Gasteiger partial charge in [-0.3, -0.25) is 9.69 Å². The lowest BCUT2D eigenvalue weighted by atomic mass is 9.79. The van der Waals surface area contributed by atoms with Gasteiger partial charge in [0.05, 0.1) is 5.56 Å². The van der Waals surface area contributed by atoms with Gasteiger partial charge in [-0.25, -0.2) is 0 Å². The number of nitrogens with zero attached hydrogens (tertiary/aromatic N) is 1. The summed E-state index contributed by atoms with van der Waals surface area (Å²) in [6.45, 7) is 4.53. The van der Waals surface area contributed by atoms with Crippen LogP contribution < -0.4 is 5.32 Å². The number of carbonyl (C=O) groups is 1. The van der Waals surface area contributed by atoms with Crippen molar-refractivity contribution in [2.24, 2.45) is 5.92 Å². The summed E-state index contributed by atoms with van der Waals surface area (Å²) in [6, 6.07) is 6.08. The number of amides is 1. The van der Waals surface area contributed by atoms with E-state index in [1.807, 2.05) is 12.1 Å². The first-order chi connectivity index (χ1) is 11.2. The Kier molecular flexibility index (Phi) is 3.39. The summed E-state index contributed by atoms with van der Waals surface area (Å²) >= 11 is 0. The smallest absolute Gasteiger partial charge is 0.251 e. The summed E-state index contributed by atoms with van der Waals surface area (Å²) in [5, 5.41) is 4.07. The molecule has 1 N–H and O–H groups in total. The van der Waals surface area contributed by atoms with Crippen LogP contribution in [0.5, 0.6) is 0 Å². The standard InChI is InChI=1S/C19H20N2O2/c1-3-13-11-23-17-5-4-15(10-16(13)17)19(22)20-18-12(2)21-8-6-14(18)7-9-21/h1,4-5,10-12,14,18H,6-9H2,2H3,(H,20,22). The summed E-state index contributed by atoms with van der Waals surface area (Å²) in [6.07, 6.45) is 9.39. The molecular weight excluding hydrogens is 288 g/mol. The minimum atomic E-state index is -0.0262. The molecule has 4 nitrogen and oxygen atoms in total. The Labute approximate surface area is 135 Å². The summed E-state index contributed by atoms with van der Waals surface area (Å²) in [5.41, 5.74) is 2.04. The van der Waals surface area contributed by atoms with Crippen LogP contribution in [0.3, 0.4) is 0 Å². The number of rotatable bonds is 2. The van der Waals surface area contributed by atoms with Crippen LogP contribution in [0.25, 0.3) is 11.0 Å². The maximum absolute atomic E-state index is 12.7.